The number of benzene rings is 1. The normalized spacial score (nSPS) is 12.7. The third-order valence-corrected chi connectivity index (χ3v) is 7.50. The second-order valence-corrected chi connectivity index (χ2v) is 12.1. The van der Waals surface area contributed by atoms with E-state index in [0.717, 1.165) is 41.9 Å². The molecule has 18 heteroatoms. The summed E-state index contributed by atoms with van der Waals surface area (Å²) < 4.78 is 8.24. The Kier molecular flexibility index (Phi) is 21.6. The van der Waals surface area contributed by atoms with Gasteiger partial charge in [-0.1, -0.05) is 23.3 Å². The van der Waals surface area contributed by atoms with Gasteiger partial charge in [0.15, 0.2) is 10.9 Å². The third-order valence-electron chi connectivity index (χ3n) is 7.50. The van der Waals surface area contributed by atoms with E-state index in [1.807, 2.05) is 30.5 Å². The van der Waals surface area contributed by atoms with Crippen molar-refractivity contribution in [2.75, 3.05) is 20.2 Å². The maximum Gasteiger partial charge on any atom is 0.352 e. The quantitative estimate of drug-likeness (QED) is 0.0739. The molecular weight excluding hydrogens is 813 g/mol. The molecule has 5 rings (SSSR count). The molecule has 0 unspecified atom stereocenters. The molecule has 0 amide bonds. The molecule has 334 valence electrons. The van der Waals surface area contributed by atoms with Crippen molar-refractivity contribution in [3.63, 3.8) is 0 Å². The van der Waals surface area contributed by atoms with Crippen molar-refractivity contribution in [2.45, 2.75) is 45.9 Å². The summed E-state index contributed by atoms with van der Waals surface area (Å²) in [6.07, 6.45) is 8.19. The number of aromatic nitrogens is 5. The molecule has 1 fully saturated rings. The van der Waals surface area contributed by atoms with Crippen molar-refractivity contribution in [3.8, 4) is 137 Å². The smallest absolute Gasteiger partial charge is 0.352 e. The fourth-order valence-corrected chi connectivity index (χ4v) is 5.35. The number of hydrogen-bond donors (Lipinski definition) is 3. The van der Waals surface area contributed by atoms with Gasteiger partial charge in [0.05, 0.1) is 24.1 Å². The molecule has 0 aliphatic carbocycles. The van der Waals surface area contributed by atoms with E-state index in [2.05, 4.69) is 191 Å². The van der Waals surface area contributed by atoms with Crippen LogP contribution in [0.5, 0.6) is 5.75 Å². The highest BCUT2D eigenvalue weighted by molar-refractivity contribution is 5.89. The number of hydrogen-bond acceptors (Lipinski definition) is 11. The summed E-state index contributed by atoms with van der Waals surface area (Å²) in [5, 5.41) is 27.9. The van der Waals surface area contributed by atoms with Gasteiger partial charge in [0.25, 0.3) is 0 Å². The molecule has 4 N–H and O–H groups in total. The van der Waals surface area contributed by atoms with Crippen LogP contribution in [-0.2, 0) is 13.1 Å². The molecule has 1 saturated heterocycles. The summed E-state index contributed by atoms with van der Waals surface area (Å²) in [5.74, 6) is 57.1. The minimum absolute atomic E-state index is 0. The number of pyridine rings is 1. The van der Waals surface area contributed by atoms with Crippen molar-refractivity contribution in [1.29, 1.82) is 0 Å². The van der Waals surface area contributed by atoms with Crippen LogP contribution in [0.4, 0.5) is 0 Å². The lowest BCUT2D eigenvalue weighted by Gasteiger charge is -2.36. The molecular formula is C46H56N14O4. The number of ether oxygens (including phenoxy) is 1. The lowest BCUT2D eigenvalue weighted by atomic mass is 10.1. The van der Waals surface area contributed by atoms with Crippen LogP contribution in [0.25, 0.3) is 16.7 Å². The first-order chi connectivity index (χ1) is 31.2. The Morgan fingerprint density at radius 2 is 1.39 bits per heavy atom. The van der Waals surface area contributed by atoms with E-state index in [1.165, 1.54) is 16.4 Å². The molecule has 0 bridgehead atoms. The Balaban J connectivity index is -0.000000130. The summed E-state index contributed by atoms with van der Waals surface area (Å²) in [4.78, 5) is 34.1. The Morgan fingerprint density at radius 1 is 0.844 bits per heavy atom. The van der Waals surface area contributed by atoms with Crippen molar-refractivity contribution in [1.82, 2.24) is 39.9 Å². The molecule has 18 nitrogen and oxygen atoms in total. The van der Waals surface area contributed by atoms with E-state index in [-0.39, 0.29) is 21.4 Å². The largest absolute Gasteiger partial charge is 0.497 e. The average molecular weight is 869 g/mol. The molecule has 2 atom stereocenters. The maximum atomic E-state index is 13.1. The molecule has 1 aliphatic heterocycles. The molecule has 4 heterocycles. The summed E-state index contributed by atoms with van der Waals surface area (Å²) in [5.41, 5.74) is 4.31. The van der Waals surface area contributed by atoms with Crippen LogP contribution in [0.1, 0.15) is 47.6 Å². The molecule has 1 aliphatic rings. The summed E-state index contributed by atoms with van der Waals surface area (Å²) in [6.45, 7) is 9.27. The van der Waals surface area contributed by atoms with Crippen LogP contribution in [0.15, 0.2) is 68.5 Å². The number of nitrogens with zero attached hydrogens (tertiary/aromatic N) is 11. The minimum atomic E-state index is -0.907. The number of nitro groups is 1. The zero-order chi connectivity index (χ0) is 46.2. The van der Waals surface area contributed by atoms with Crippen LogP contribution in [0, 0.1) is 141 Å². The molecule has 0 radical (unpaired) electrons. The van der Waals surface area contributed by atoms with Crippen molar-refractivity contribution >= 4 is 16.7 Å². The van der Waals surface area contributed by atoms with Gasteiger partial charge in [-0.3, -0.25) is 9.47 Å². The van der Waals surface area contributed by atoms with E-state index in [4.69, 9.17) is 16.1 Å². The Labute approximate surface area is 385 Å². The number of rotatable bonds is 8. The van der Waals surface area contributed by atoms with Gasteiger partial charge in [-0.25, -0.2) is 14.8 Å². The van der Waals surface area contributed by atoms with Gasteiger partial charge in [-0.15, -0.1) is 6.42 Å². The zero-order valence-electron chi connectivity index (χ0n) is 34.7. The van der Waals surface area contributed by atoms with E-state index >= 15 is 0 Å². The van der Waals surface area contributed by atoms with Gasteiger partial charge >= 0.3 is 5.69 Å². The molecule has 4 aromatic rings. The summed E-state index contributed by atoms with van der Waals surface area (Å²) >= 11 is 0. The van der Waals surface area contributed by atoms with Crippen LogP contribution < -0.4 is 27.1 Å². The first-order valence-corrected chi connectivity index (χ1v) is 18.3. The van der Waals surface area contributed by atoms with Gasteiger partial charge < -0.3 is 26.0 Å². The third kappa shape index (κ3) is 17.9. The maximum absolute atomic E-state index is 13.1. The first kappa shape index (κ1) is 48.4. The van der Waals surface area contributed by atoms with Crippen LogP contribution in [-0.4, -0.2) is 66.4 Å². The monoisotopic (exact) mass is 868 g/mol. The SMILES string of the molecule is C#CC#CC#CC#CC#CC#CC#CC#CC#CC#CC#CC.COc1ccc(Cn2c(=O)n3ncnc3c3cc(CN4C[C@@H](C)N[C@@H](C)C4)cnc32)cc1.NN=NN=NN[N+](=O)[O-].[HH].[HH].[HH].[HH].[HH].[HH].[HH].[HH].[HH].[HH].[HH]. The van der Waals surface area contributed by atoms with Crippen molar-refractivity contribution in [3.05, 3.63) is 74.6 Å². The Morgan fingerprint density at radius 3 is 1.89 bits per heavy atom. The number of nitrogens with two attached hydrogens (primary N) is 1. The van der Waals surface area contributed by atoms with Gasteiger partial charge in [-0.05, 0) is 145 Å². The number of hydrazine groups is 1. The topological polar surface area (TPSA) is 220 Å². The highest BCUT2D eigenvalue weighted by atomic mass is 16.7. The lowest BCUT2D eigenvalue weighted by Crippen LogP contribution is -2.53. The lowest BCUT2D eigenvalue weighted by molar-refractivity contribution is -0.546. The molecule has 3 aromatic heterocycles. The van der Waals surface area contributed by atoms with Crippen molar-refractivity contribution in [2.24, 2.45) is 26.7 Å². The van der Waals surface area contributed by atoms with E-state index < -0.39 is 5.03 Å². The zero-order valence-corrected chi connectivity index (χ0v) is 34.7. The van der Waals surface area contributed by atoms with Crippen LogP contribution in [0.3, 0.4) is 0 Å². The molecule has 0 spiro atoms. The molecule has 0 saturated carbocycles. The van der Waals surface area contributed by atoms with E-state index in [9.17, 15) is 14.9 Å². The molecule has 1 aromatic carbocycles. The number of methoxy groups -OCH3 is 1. The van der Waals surface area contributed by atoms with Gasteiger partial charge in [-0.2, -0.15) is 9.61 Å². The van der Waals surface area contributed by atoms with Gasteiger partial charge in [0.2, 0.25) is 0 Å². The highest BCUT2D eigenvalue weighted by Crippen LogP contribution is 2.20. The predicted molar refractivity (Wildman–Crippen MR) is 262 cm³/mol. The Bertz CT molecular complexity index is 3190. The van der Waals surface area contributed by atoms with Crippen LogP contribution >= 0.6 is 0 Å². The highest BCUT2D eigenvalue weighted by Gasteiger charge is 2.22. The average Bonchev–Trinajstić information content (AvgIpc) is 3.79. The Hall–Kier alpha value is -9.94. The second-order valence-electron chi connectivity index (χ2n) is 12.1. The predicted octanol–water partition coefficient (Wildman–Crippen LogP) is 4.43. The summed E-state index contributed by atoms with van der Waals surface area (Å²) in [7, 11) is 1.63. The summed E-state index contributed by atoms with van der Waals surface area (Å²) in [6, 6.07) is 10.7. The van der Waals surface area contributed by atoms with Crippen molar-refractivity contribution < 1.29 is 25.5 Å². The number of piperazine rings is 1. The van der Waals surface area contributed by atoms with Crippen LogP contribution in [0.2, 0.25) is 0 Å². The number of fused-ring (bicyclic) bond motifs is 3. The van der Waals surface area contributed by atoms with E-state index in [1.54, 1.807) is 18.6 Å². The fourth-order valence-electron chi connectivity index (χ4n) is 5.35. The first-order valence-electron chi connectivity index (χ1n) is 18.3. The standard InChI is InChI=1S/C23H27N7O2.C23H4.H3N7O2.11H2/c1-15-10-28(11-16(2)27-15)12-18-8-20-21(24-9-18)29(23(31)30-22(20)25-14-26-30)13-17-4-6-19(32-3)7-5-17;1-3-5-7-9-11-13-15-17-19-21-23-22-20-18-16-14-12-10-8-6-4-2;1-2-3-4-5-6-7(8)9;;;;;;;;;;;/h4-9,14-16,27H,10-13H2,1-3H3;1H,2H3;(H2,1,3,5)(H,2,4,6);11*1H/t15-,16+;;;;;;;;;;;;;. The second kappa shape index (κ2) is 28.5. The van der Waals surface area contributed by atoms with Gasteiger partial charge in [0, 0.05) is 88.0 Å². The number of nitrogens with one attached hydrogen (secondary N) is 2. The van der Waals surface area contributed by atoms with E-state index in [0.29, 0.717) is 29.9 Å². The minimum Gasteiger partial charge on any atom is -0.497 e. The molecule has 64 heavy (non-hydrogen) atoms. The van der Waals surface area contributed by atoms with Gasteiger partial charge in [0.1, 0.15) is 22.9 Å². The number of terminal acetylenes is 1. The fraction of sp³-hybridized carbons (Fsp3) is 0.217.